The van der Waals surface area contributed by atoms with E-state index in [1.165, 1.54) is 12.1 Å². The van der Waals surface area contributed by atoms with Gasteiger partial charge in [0.2, 0.25) is 5.91 Å². The number of fused-ring (bicyclic) bond motifs is 2. The first-order valence-corrected chi connectivity index (χ1v) is 12.1. The molecule has 0 aliphatic rings. The maximum atomic E-state index is 13.9. The number of aromatic nitrogens is 7. The van der Waals surface area contributed by atoms with Gasteiger partial charge in [0.1, 0.15) is 17.0 Å². The van der Waals surface area contributed by atoms with Crippen molar-refractivity contribution in [2.75, 3.05) is 5.32 Å². The van der Waals surface area contributed by atoms with Crippen LogP contribution in [0.3, 0.4) is 0 Å². The van der Waals surface area contributed by atoms with Crippen LogP contribution in [0.15, 0.2) is 67.3 Å². The molecule has 0 saturated heterocycles. The second-order valence-electron chi connectivity index (χ2n) is 9.45. The Morgan fingerprint density at radius 2 is 1.87 bits per heavy atom. The van der Waals surface area contributed by atoms with Crippen molar-refractivity contribution in [1.82, 2.24) is 35.1 Å². The summed E-state index contributed by atoms with van der Waals surface area (Å²) in [4.78, 5) is 33.5. The van der Waals surface area contributed by atoms with Gasteiger partial charge in [-0.3, -0.25) is 14.9 Å². The molecular formula is C28H23FN8O. The van der Waals surface area contributed by atoms with Crippen molar-refractivity contribution in [2.45, 2.75) is 20.3 Å². The third-order valence-electron chi connectivity index (χ3n) is 6.11. The van der Waals surface area contributed by atoms with Crippen molar-refractivity contribution >= 4 is 33.8 Å². The highest BCUT2D eigenvalue weighted by Crippen LogP contribution is 2.32. The Labute approximate surface area is 216 Å². The fourth-order valence-corrected chi connectivity index (χ4v) is 4.40. The number of halogens is 1. The van der Waals surface area contributed by atoms with Crippen molar-refractivity contribution in [3.05, 3.63) is 73.1 Å². The third kappa shape index (κ3) is 4.47. The summed E-state index contributed by atoms with van der Waals surface area (Å²) < 4.78 is 13.9. The van der Waals surface area contributed by atoms with Crippen molar-refractivity contribution in [2.24, 2.45) is 5.92 Å². The van der Waals surface area contributed by atoms with Gasteiger partial charge >= 0.3 is 0 Å². The second-order valence-corrected chi connectivity index (χ2v) is 9.45. The summed E-state index contributed by atoms with van der Waals surface area (Å²) in [5, 5.41) is 11.1. The van der Waals surface area contributed by atoms with E-state index < -0.39 is 0 Å². The van der Waals surface area contributed by atoms with Crippen LogP contribution in [0.2, 0.25) is 0 Å². The monoisotopic (exact) mass is 506 g/mol. The molecule has 0 unspecified atom stereocenters. The number of pyridine rings is 3. The number of nitrogens with one attached hydrogen (secondary N) is 3. The number of hydrogen-bond donors (Lipinski definition) is 3. The summed E-state index contributed by atoms with van der Waals surface area (Å²) in [6.07, 6.45) is 7.16. The number of hydrogen-bond acceptors (Lipinski definition) is 6. The van der Waals surface area contributed by atoms with Gasteiger partial charge in [-0.05, 0) is 41.8 Å². The zero-order chi connectivity index (χ0) is 26.2. The summed E-state index contributed by atoms with van der Waals surface area (Å²) in [5.74, 6) is 0.393. The number of aromatic amines is 2. The first kappa shape index (κ1) is 23.4. The number of carbonyl (C=O) groups excluding carboxylic acids is 1. The fraction of sp³-hybridized carbons (Fsp3) is 0.143. The van der Waals surface area contributed by atoms with Crippen LogP contribution < -0.4 is 5.32 Å². The number of anilines is 1. The topological polar surface area (TPSA) is 125 Å². The maximum absolute atomic E-state index is 13.9. The smallest absolute Gasteiger partial charge is 0.224 e. The lowest BCUT2D eigenvalue weighted by atomic mass is 10.1. The van der Waals surface area contributed by atoms with Gasteiger partial charge in [-0.1, -0.05) is 26.0 Å². The predicted octanol–water partition coefficient (Wildman–Crippen LogP) is 5.75. The highest BCUT2D eigenvalue weighted by atomic mass is 19.1. The fourth-order valence-electron chi connectivity index (χ4n) is 4.40. The molecule has 0 bridgehead atoms. The number of imidazole rings is 1. The summed E-state index contributed by atoms with van der Waals surface area (Å²) in [5.41, 5.74) is 6.05. The van der Waals surface area contributed by atoms with Crippen LogP contribution in [0.25, 0.3) is 56.0 Å². The average Bonchev–Trinajstić information content (AvgIpc) is 3.52. The maximum Gasteiger partial charge on any atom is 0.224 e. The van der Waals surface area contributed by atoms with E-state index >= 15 is 0 Å². The lowest BCUT2D eigenvalue weighted by Crippen LogP contribution is -2.13. The molecule has 0 spiro atoms. The molecule has 38 heavy (non-hydrogen) atoms. The number of amides is 1. The Bertz CT molecular complexity index is 1810. The molecule has 6 aromatic rings. The Kier molecular flexibility index (Phi) is 5.83. The van der Waals surface area contributed by atoms with Crippen LogP contribution in [0, 0.1) is 11.7 Å². The molecule has 5 heterocycles. The molecule has 0 aliphatic heterocycles. The minimum Gasteiger partial charge on any atom is -0.325 e. The molecule has 0 saturated carbocycles. The lowest BCUT2D eigenvalue weighted by Gasteiger charge is -2.08. The van der Waals surface area contributed by atoms with Gasteiger partial charge in [-0.15, -0.1) is 0 Å². The number of H-pyrrole nitrogens is 2. The molecule has 0 aliphatic carbocycles. The molecule has 0 radical (unpaired) electrons. The number of benzene rings is 1. The molecule has 1 aromatic carbocycles. The van der Waals surface area contributed by atoms with Gasteiger partial charge in [-0.25, -0.2) is 19.3 Å². The molecule has 6 rings (SSSR count). The largest absolute Gasteiger partial charge is 0.325 e. The zero-order valence-electron chi connectivity index (χ0n) is 20.7. The Morgan fingerprint density at radius 1 is 1.00 bits per heavy atom. The molecule has 10 heteroatoms. The minimum atomic E-state index is -0.321. The standard InChI is InChI=1S/C28H23FN8O/c1-15(2)8-23(38)33-20-10-17(12-30-14-20)18-11-22-25(36-37-26(22)32-13-18)28-34-24-21(6-7-31-27(24)35-28)16-4-3-5-19(29)9-16/h3-7,9-15H,8H2,1-2H3,(H,33,38)(H,31,34,35)(H,32,36,37). The normalized spacial score (nSPS) is 11.5. The van der Waals surface area contributed by atoms with E-state index in [2.05, 4.69) is 35.5 Å². The molecule has 188 valence electrons. The van der Waals surface area contributed by atoms with Crippen molar-refractivity contribution in [1.29, 1.82) is 0 Å². The predicted molar refractivity (Wildman–Crippen MR) is 143 cm³/mol. The molecular weight excluding hydrogens is 483 g/mol. The van der Waals surface area contributed by atoms with E-state index in [-0.39, 0.29) is 17.6 Å². The molecule has 0 fully saturated rings. The second kappa shape index (κ2) is 9.47. The van der Waals surface area contributed by atoms with E-state index in [9.17, 15) is 9.18 Å². The Morgan fingerprint density at radius 3 is 2.71 bits per heavy atom. The van der Waals surface area contributed by atoms with E-state index in [1.807, 2.05) is 38.1 Å². The minimum absolute atomic E-state index is 0.0549. The molecule has 5 aromatic heterocycles. The van der Waals surface area contributed by atoms with Gasteiger partial charge in [0.25, 0.3) is 0 Å². The Hall–Kier alpha value is -4.99. The van der Waals surface area contributed by atoms with E-state index in [4.69, 9.17) is 4.98 Å². The summed E-state index contributed by atoms with van der Waals surface area (Å²) in [6.45, 7) is 4.00. The van der Waals surface area contributed by atoms with E-state index in [0.717, 1.165) is 22.1 Å². The summed E-state index contributed by atoms with van der Waals surface area (Å²) in [6, 6.07) is 12.0. The van der Waals surface area contributed by atoms with E-state index in [1.54, 1.807) is 30.9 Å². The average molecular weight is 507 g/mol. The van der Waals surface area contributed by atoms with E-state index in [0.29, 0.717) is 46.0 Å². The van der Waals surface area contributed by atoms with Gasteiger partial charge < -0.3 is 10.3 Å². The first-order chi connectivity index (χ1) is 18.4. The van der Waals surface area contributed by atoms with Crippen LogP contribution in [-0.2, 0) is 4.79 Å². The van der Waals surface area contributed by atoms with Crippen LogP contribution in [0.4, 0.5) is 10.1 Å². The summed E-state index contributed by atoms with van der Waals surface area (Å²) >= 11 is 0. The van der Waals surface area contributed by atoms with Gasteiger partial charge in [0.15, 0.2) is 17.1 Å². The molecule has 1 amide bonds. The lowest BCUT2D eigenvalue weighted by molar-refractivity contribution is -0.116. The Balaban J connectivity index is 1.38. The van der Waals surface area contributed by atoms with Crippen LogP contribution >= 0.6 is 0 Å². The highest BCUT2D eigenvalue weighted by molar-refractivity contribution is 5.96. The van der Waals surface area contributed by atoms with Gasteiger partial charge in [0.05, 0.1) is 17.3 Å². The van der Waals surface area contributed by atoms with Crippen LogP contribution in [0.1, 0.15) is 20.3 Å². The zero-order valence-corrected chi connectivity index (χ0v) is 20.7. The van der Waals surface area contributed by atoms with Gasteiger partial charge in [-0.2, -0.15) is 5.10 Å². The molecule has 0 atom stereocenters. The highest BCUT2D eigenvalue weighted by Gasteiger charge is 2.17. The number of rotatable bonds is 6. The quantitative estimate of drug-likeness (QED) is 0.264. The van der Waals surface area contributed by atoms with Gasteiger partial charge in [0, 0.05) is 41.7 Å². The van der Waals surface area contributed by atoms with Crippen LogP contribution in [-0.4, -0.2) is 41.0 Å². The third-order valence-corrected chi connectivity index (χ3v) is 6.11. The van der Waals surface area contributed by atoms with Crippen molar-refractivity contribution < 1.29 is 9.18 Å². The van der Waals surface area contributed by atoms with Crippen LogP contribution in [0.5, 0.6) is 0 Å². The SMILES string of the molecule is CC(C)CC(=O)Nc1cncc(-c2cnc3[nH]nc(-c4nc5c(-c6cccc(F)c6)ccnc5[nH]4)c3c2)c1. The van der Waals surface area contributed by atoms with Crippen molar-refractivity contribution in [3.8, 4) is 33.8 Å². The summed E-state index contributed by atoms with van der Waals surface area (Å²) in [7, 11) is 0. The van der Waals surface area contributed by atoms with Crippen molar-refractivity contribution in [3.63, 3.8) is 0 Å². The number of nitrogens with zero attached hydrogens (tertiary/aromatic N) is 5. The molecule has 3 N–H and O–H groups in total. The molecule has 9 nitrogen and oxygen atoms in total. The number of carbonyl (C=O) groups is 1. The first-order valence-electron chi connectivity index (χ1n) is 12.1.